The molecule has 0 fully saturated rings. The Morgan fingerprint density at radius 1 is 1.04 bits per heavy atom. The van der Waals surface area contributed by atoms with Gasteiger partial charge in [0, 0.05) is 11.8 Å². The molecule has 0 aliphatic carbocycles. The van der Waals surface area contributed by atoms with Crippen molar-refractivity contribution in [3.05, 3.63) is 54.7 Å². The summed E-state index contributed by atoms with van der Waals surface area (Å²) in [5.41, 5.74) is 8.27. The zero-order valence-corrected chi connectivity index (χ0v) is 13.7. The minimum Gasteiger partial charge on any atom is -0.497 e. The van der Waals surface area contributed by atoms with Crippen LogP contribution in [0.3, 0.4) is 0 Å². The van der Waals surface area contributed by atoms with E-state index < -0.39 is 10.0 Å². The molecule has 0 amide bonds. The molecule has 0 bridgehead atoms. The lowest BCUT2D eigenvalue weighted by Gasteiger charge is -2.03. The zero-order valence-electron chi connectivity index (χ0n) is 12.9. The van der Waals surface area contributed by atoms with E-state index in [4.69, 9.17) is 15.6 Å². The average Bonchev–Trinajstić information content (AvgIpc) is 2.96. The van der Waals surface area contributed by atoms with Crippen molar-refractivity contribution in [2.75, 3.05) is 12.8 Å². The topological polar surface area (TPSA) is 113 Å². The first-order valence-corrected chi connectivity index (χ1v) is 8.56. The van der Waals surface area contributed by atoms with E-state index in [1.165, 1.54) is 12.1 Å². The van der Waals surface area contributed by atoms with Gasteiger partial charge in [-0.1, -0.05) is 12.1 Å². The Bertz CT molecular complexity index is 962. The Labute approximate surface area is 139 Å². The fraction of sp³-hybridized carbons (Fsp3) is 0.0625. The monoisotopic (exact) mass is 344 g/mol. The number of ether oxygens (including phenoxy) is 1. The molecule has 0 spiro atoms. The lowest BCUT2D eigenvalue weighted by molar-refractivity contribution is 0.414. The van der Waals surface area contributed by atoms with Gasteiger partial charge in [0.15, 0.2) is 5.82 Å². The van der Waals surface area contributed by atoms with Crippen molar-refractivity contribution < 1.29 is 13.2 Å². The lowest BCUT2D eigenvalue weighted by atomic mass is 10.1. The largest absolute Gasteiger partial charge is 0.497 e. The van der Waals surface area contributed by atoms with Crippen LogP contribution in [0.1, 0.15) is 0 Å². The highest BCUT2D eigenvalue weighted by molar-refractivity contribution is 7.89. The normalized spacial score (nSPS) is 11.4. The van der Waals surface area contributed by atoms with Crippen molar-refractivity contribution in [3.63, 3.8) is 0 Å². The molecule has 1 aromatic heterocycles. The van der Waals surface area contributed by atoms with Gasteiger partial charge in [0.05, 0.1) is 17.7 Å². The molecule has 2 aromatic carbocycles. The summed E-state index contributed by atoms with van der Waals surface area (Å²) in [6.45, 7) is 0. The summed E-state index contributed by atoms with van der Waals surface area (Å²) < 4.78 is 29.4. The summed E-state index contributed by atoms with van der Waals surface area (Å²) in [6.07, 6.45) is 1.78. The van der Waals surface area contributed by atoms with Gasteiger partial charge >= 0.3 is 0 Å². The number of primary sulfonamides is 1. The van der Waals surface area contributed by atoms with Gasteiger partial charge in [-0.15, -0.1) is 0 Å². The maximum atomic E-state index is 11.3. The van der Waals surface area contributed by atoms with Crippen LogP contribution < -0.4 is 15.6 Å². The Balaban J connectivity index is 1.96. The van der Waals surface area contributed by atoms with Gasteiger partial charge in [0.2, 0.25) is 10.0 Å². The fourth-order valence-corrected chi connectivity index (χ4v) is 2.82. The molecule has 24 heavy (non-hydrogen) atoms. The molecule has 8 heteroatoms. The Morgan fingerprint density at radius 3 is 2.21 bits per heavy atom. The van der Waals surface area contributed by atoms with E-state index in [-0.39, 0.29) is 4.90 Å². The maximum absolute atomic E-state index is 11.3. The molecule has 0 aliphatic heterocycles. The minimum atomic E-state index is -3.72. The number of hydrogen-bond acceptors (Lipinski definition) is 5. The highest BCUT2D eigenvalue weighted by atomic mass is 32.2. The quantitative estimate of drug-likeness (QED) is 0.749. The molecular formula is C16H16N4O3S. The third kappa shape index (κ3) is 3.10. The fourth-order valence-electron chi connectivity index (χ4n) is 2.30. The Morgan fingerprint density at radius 2 is 1.67 bits per heavy atom. The predicted octanol–water partition coefficient (Wildman–Crippen LogP) is 1.78. The van der Waals surface area contributed by atoms with Gasteiger partial charge < -0.3 is 10.5 Å². The first-order valence-electron chi connectivity index (χ1n) is 7.01. The van der Waals surface area contributed by atoms with Gasteiger partial charge in [-0.25, -0.2) is 18.2 Å². The summed E-state index contributed by atoms with van der Waals surface area (Å²) in [5, 5.41) is 9.39. The summed E-state index contributed by atoms with van der Waals surface area (Å²) in [4.78, 5) is 0.0485. The van der Waals surface area contributed by atoms with Crippen LogP contribution in [0.2, 0.25) is 0 Å². The number of benzene rings is 2. The van der Waals surface area contributed by atoms with Gasteiger partial charge in [0.25, 0.3) is 0 Å². The first-order chi connectivity index (χ1) is 11.4. The van der Waals surface area contributed by atoms with Crippen molar-refractivity contribution in [1.82, 2.24) is 9.78 Å². The van der Waals surface area contributed by atoms with Crippen LogP contribution >= 0.6 is 0 Å². The van der Waals surface area contributed by atoms with E-state index in [1.54, 1.807) is 30.1 Å². The van der Waals surface area contributed by atoms with E-state index in [0.29, 0.717) is 11.4 Å². The first kappa shape index (κ1) is 16.0. The summed E-state index contributed by atoms with van der Waals surface area (Å²) in [6, 6.07) is 13.5. The Kier molecular flexibility index (Phi) is 4.00. The lowest BCUT2D eigenvalue weighted by Crippen LogP contribution is -2.11. The van der Waals surface area contributed by atoms with Crippen LogP contribution in [0.15, 0.2) is 59.6 Å². The van der Waals surface area contributed by atoms with Crippen molar-refractivity contribution in [2.24, 2.45) is 5.14 Å². The second kappa shape index (κ2) is 5.99. The second-order valence-electron chi connectivity index (χ2n) is 5.14. The summed E-state index contributed by atoms with van der Waals surface area (Å²) in [7, 11) is -2.12. The van der Waals surface area contributed by atoms with Crippen LogP contribution in [-0.2, 0) is 10.0 Å². The average molecular weight is 344 g/mol. The predicted molar refractivity (Wildman–Crippen MR) is 91.3 cm³/mol. The molecule has 0 aliphatic rings. The third-order valence-electron chi connectivity index (χ3n) is 3.57. The van der Waals surface area contributed by atoms with Crippen molar-refractivity contribution >= 4 is 15.8 Å². The highest BCUT2D eigenvalue weighted by Crippen LogP contribution is 2.27. The molecule has 124 valence electrons. The number of hydrogen-bond donors (Lipinski definition) is 2. The van der Waals surface area contributed by atoms with Gasteiger partial charge in [-0.2, -0.15) is 5.10 Å². The van der Waals surface area contributed by atoms with E-state index >= 15 is 0 Å². The number of sulfonamides is 1. The van der Waals surface area contributed by atoms with Crippen LogP contribution in [0, 0.1) is 0 Å². The van der Waals surface area contributed by atoms with E-state index in [9.17, 15) is 8.42 Å². The SMILES string of the molecule is COc1ccc(-n2cc(-c3ccc(S(N)(=O)=O)cc3)c(N)n2)cc1. The molecule has 0 atom stereocenters. The summed E-state index contributed by atoms with van der Waals surface area (Å²) >= 11 is 0. The van der Waals surface area contributed by atoms with E-state index in [1.807, 2.05) is 24.3 Å². The number of anilines is 1. The smallest absolute Gasteiger partial charge is 0.238 e. The van der Waals surface area contributed by atoms with Gasteiger partial charge in [0.1, 0.15) is 5.75 Å². The second-order valence-corrected chi connectivity index (χ2v) is 6.70. The Hall–Kier alpha value is -2.84. The standard InChI is InChI=1S/C16H16N4O3S/c1-23-13-6-4-12(5-7-13)20-10-15(16(17)19-20)11-2-8-14(9-3-11)24(18,21)22/h2-10H,1H3,(H2,17,19)(H2,18,21,22). The third-order valence-corrected chi connectivity index (χ3v) is 4.50. The van der Waals surface area contributed by atoms with Gasteiger partial charge in [-0.05, 0) is 42.0 Å². The maximum Gasteiger partial charge on any atom is 0.238 e. The highest BCUT2D eigenvalue weighted by Gasteiger charge is 2.12. The minimum absolute atomic E-state index is 0.0485. The molecule has 4 N–H and O–H groups in total. The van der Waals surface area contributed by atoms with E-state index in [2.05, 4.69) is 5.10 Å². The number of aromatic nitrogens is 2. The molecule has 7 nitrogen and oxygen atoms in total. The molecule has 1 heterocycles. The summed E-state index contributed by atoms with van der Waals surface area (Å²) in [5.74, 6) is 1.09. The number of nitrogen functional groups attached to an aromatic ring is 1. The molecule has 0 unspecified atom stereocenters. The van der Waals surface area contributed by atoms with Crippen LogP contribution in [0.4, 0.5) is 5.82 Å². The molecule has 3 rings (SSSR count). The number of nitrogens with zero attached hydrogens (tertiary/aromatic N) is 2. The van der Waals surface area contributed by atoms with Crippen LogP contribution in [0.5, 0.6) is 5.75 Å². The molecule has 3 aromatic rings. The molecule has 0 saturated carbocycles. The number of rotatable bonds is 4. The molecule has 0 radical (unpaired) electrons. The van der Waals surface area contributed by atoms with Crippen molar-refractivity contribution in [1.29, 1.82) is 0 Å². The molecular weight excluding hydrogens is 328 g/mol. The zero-order chi connectivity index (χ0) is 17.3. The number of methoxy groups -OCH3 is 1. The number of nitrogens with two attached hydrogens (primary N) is 2. The van der Waals surface area contributed by atoms with Crippen molar-refractivity contribution in [2.45, 2.75) is 4.90 Å². The molecule has 0 saturated heterocycles. The van der Waals surface area contributed by atoms with E-state index in [0.717, 1.165) is 17.0 Å². The van der Waals surface area contributed by atoms with Crippen LogP contribution in [0.25, 0.3) is 16.8 Å². The van der Waals surface area contributed by atoms with Gasteiger partial charge in [-0.3, -0.25) is 0 Å². The van der Waals surface area contributed by atoms with Crippen molar-refractivity contribution in [3.8, 4) is 22.6 Å². The van der Waals surface area contributed by atoms with Crippen LogP contribution in [-0.4, -0.2) is 25.3 Å².